The molecule has 1 amide bonds. The van der Waals surface area contributed by atoms with E-state index in [0.717, 1.165) is 50.5 Å². The number of carbonyl (C=O) groups excluding carboxylic acids is 1. The third-order valence-corrected chi connectivity index (χ3v) is 3.75. The second-order valence-corrected chi connectivity index (χ2v) is 5.61. The molecule has 0 unspecified atom stereocenters. The third kappa shape index (κ3) is 3.49. The molecule has 3 rings (SSSR count). The van der Waals surface area contributed by atoms with Crippen molar-refractivity contribution >= 4 is 11.6 Å². The van der Waals surface area contributed by atoms with Gasteiger partial charge in [-0.25, -0.2) is 0 Å². The highest BCUT2D eigenvalue weighted by molar-refractivity contribution is 5.94. The van der Waals surface area contributed by atoms with Gasteiger partial charge in [-0.2, -0.15) is 0 Å². The first-order valence-electron chi connectivity index (χ1n) is 7.23. The summed E-state index contributed by atoms with van der Waals surface area (Å²) in [4.78, 5) is 19.9. The number of hydrogen-bond acceptors (Lipinski definition) is 4. The minimum Gasteiger partial charge on any atom is -0.406 e. The van der Waals surface area contributed by atoms with Crippen LogP contribution in [0.3, 0.4) is 0 Å². The summed E-state index contributed by atoms with van der Waals surface area (Å²) in [7, 11) is 2.12. The van der Waals surface area contributed by atoms with Gasteiger partial charge >= 0.3 is 0 Å². The summed E-state index contributed by atoms with van der Waals surface area (Å²) in [5.41, 5.74) is 0.813. The molecule has 0 aromatic heterocycles. The molecular weight excluding hydrogens is 254 g/mol. The number of nitrogens with one attached hydrogen (secondary N) is 1. The van der Waals surface area contributed by atoms with Crippen molar-refractivity contribution in [2.24, 2.45) is 5.92 Å². The monoisotopic (exact) mass is 275 g/mol. The van der Waals surface area contributed by atoms with Gasteiger partial charge in [-0.3, -0.25) is 4.79 Å². The first-order chi connectivity index (χ1) is 9.70. The Labute approximate surface area is 119 Å². The van der Waals surface area contributed by atoms with Crippen LogP contribution in [0.5, 0.6) is 5.75 Å². The number of amides is 1. The van der Waals surface area contributed by atoms with Crippen molar-refractivity contribution in [3.63, 3.8) is 0 Å². The first kappa shape index (κ1) is 13.4. The highest BCUT2D eigenvalue weighted by Gasteiger charge is 2.29. The Hall–Kier alpha value is -1.59. The third-order valence-electron chi connectivity index (χ3n) is 3.75. The van der Waals surface area contributed by atoms with E-state index in [0.29, 0.717) is 0 Å². The maximum Gasteiger partial charge on any atom is 0.227 e. The average Bonchev–Trinajstić information content (AvgIpc) is 3.26. The lowest BCUT2D eigenvalue weighted by molar-refractivity contribution is -0.117. The summed E-state index contributed by atoms with van der Waals surface area (Å²) < 4.78 is 0. The van der Waals surface area contributed by atoms with Crippen LogP contribution >= 0.6 is 0 Å². The lowest BCUT2D eigenvalue weighted by atomic mass is 10.3. The van der Waals surface area contributed by atoms with E-state index in [9.17, 15) is 4.79 Å². The zero-order valence-electron chi connectivity index (χ0n) is 11.8. The lowest BCUT2D eigenvalue weighted by Crippen LogP contribution is -2.45. The molecule has 20 heavy (non-hydrogen) atoms. The maximum absolute atomic E-state index is 11.7. The van der Waals surface area contributed by atoms with Gasteiger partial charge in [0.2, 0.25) is 5.91 Å². The Morgan fingerprint density at radius 3 is 2.70 bits per heavy atom. The average molecular weight is 275 g/mol. The summed E-state index contributed by atoms with van der Waals surface area (Å²) in [6, 6.07) is 7.62. The maximum atomic E-state index is 11.7. The molecule has 1 aromatic rings. The fraction of sp³-hybridized carbons (Fsp3) is 0.533. The van der Waals surface area contributed by atoms with E-state index in [1.807, 2.05) is 29.3 Å². The molecule has 0 atom stereocenters. The van der Waals surface area contributed by atoms with Gasteiger partial charge in [0, 0.05) is 43.9 Å². The van der Waals surface area contributed by atoms with Crippen LogP contribution in [0, 0.1) is 5.92 Å². The van der Waals surface area contributed by atoms with Crippen molar-refractivity contribution in [3.8, 4) is 5.75 Å². The second-order valence-electron chi connectivity index (χ2n) is 5.61. The predicted molar refractivity (Wildman–Crippen MR) is 77.5 cm³/mol. The molecule has 1 saturated heterocycles. The summed E-state index contributed by atoms with van der Waals surface area (Å²) in [5, 5.41) is 4.92. The van der Waals surface area contributed by atoms with E-state index in [4.69, 9.17) is 4.84 Å². The van der Waals surface area contributed by atoms with Crippen LogP contribution < -0.4 is 10.2 Å². The quantitative estimate of drug-likeness (QED) is 0.906. The molecule has 1 saturated carbocycles. The number of anilines is 1. The molecule has 108 valence electrons. The largest absolute Gasteiger partial charge is 0.406 e. The van der Waals surface area contributed by atoms with Crippen LogP contribution in [0.1, 0.15) is 12.8 Å². The second kappa shape index (κ2) is 5.81. The van der Waals surface area contributed by atoms with E-state index < -0.39 is 0 Å². The van der Waals surface area contributed by atoms with Gasteiger partial charge in [-0.1, -0.05) is 6.07 Å². The van der Waals surface area contributed by atoms with Gasteiger partial charge in [0.25, 0.3) is 0 Å². The standard InChI is InChI=1S/C15H21N3O2/c1-17-7-9-18(10-8-17)20-14-4-2-3-13(11-14)16-15(19)12-5-6-12/h2-4,11-12H,5-10H2,1H3,(H,16,19). The van der Waals surface area contributed by atoms with Gasteiger partial charge in [0.1, 0.15) is 5.75 Å². The van der Waals surface area contributed by atoms with Gasteiger partial charge in [-0.15, -0.1) is 5.06 Å². The van der Waals surface area contributed by atoms with Crippen LogP contribution in [-0.4, -0.2) is 49.1 Å². The number of carbonyl (C=O) groups is 1. The number of piperazine rings is 1. The minimum absolute atomic E-state index is 0.127. The topological polar surface area (TPSA) is 44.8 Å². The number of hydroxylamine groups is 2. The molecule has 5 heteroatoms. The number of rotatable bonds is 4. The molecular formula is C15H21N3O2. The van der Waals surface area contributed by atoms with Crippen molar-refractivity contribution < 1.29 is 9.63 Å². The fourth-order valence-electron chi connectivity index (χ4n) is 2.25. The Kier molecular flexibility index (Phi) is 3.89. The van der Waals surface area contributed by atoms with E-state index in [1.54, 1.807) is 0 Å². The Morgan fingerprint density at radius 2 is 2.00 bits per heavy atom. The lowest BCUT2D eigenvalue weighted by Gasteiger charge is -2.31. The number of nitrogens with zero attached hydrogens (tertiary/aromatic N) is 2. The van der Waals surface area contributed by atoms with E-state index >= 15 is 0 Å². The molecule has 2 fully saturated rings. The molecule has 2 aliphatic rings. The first-order valence-corrected chi connectivity index (χ1v) is 7.23. The Balaban J connectivity index is 1.57. The number of likely N-dealkylation sites (N-methyl/N-ethyl adjacent to an activating group) is 1. The molecule has 1 N–H and O–H groups in total. The summed E-state index contributed by atoms with van der Waals surface area (Å²) >= 11 is 0. The highest BCUT2D eigenvalue weighted by atomic mass is 16.7. The smallest absolute Gasteiger partial charge is 0.227 e. The normalized spacial score (nSPS) is 20.6. The van der Waals surface area contributed by atoms with Crippen LogP contribution in [0.25, 0.3) is 0 Å². The number of hydrogen-bond donors (Lipinski definition) is 1. The van der Waals surface area contributed by atoms with E-state index in [1.165, 1.54) is 0 Å². The van der Waals surface area contributed by atoms with Gasteiger partial charge in [0.15, 0.2) is 0 Å². The van der Waals surface area contributed by atoms with Crippen molar-refractivity contribution in [3.05, 3.63) is 24.3 Å². The highest BCUT2D eigenvalue weighted by Crippen LogP contribution is 2.30. The summed E-state index contributed by atoms with van der Waals surface area (Å²) in [6.45, 7) is 3.82. The van der Waals surface area contributed by atoms with E-state index in [-0.39, 0.29) is 11.8 Å². The van der Waals surface area contributed by atoms with Crippen molar-refractivity contribution in [1.29, 1.82) is 0 Å². The van der Waals surface area contributed by atoms with Crippen LogP contribution in [0.2, 0.25) is 0 Å². The van der Waals surface area contributed by atoms with Crippen LogP contribution in [0.4, 0.5) is 5.69 Å². The Morgan fingerprint density at radius 1 is 1.25 bits per heavy atom. The van der Waals surface area contributed by atoms with Crippen molar-refractivity contribution in [2.45, 2.75) is 12.8 Å². The molecule has 0 bridgehead atoms. The van der Waals surface area contributed by atoms with Gasteiger partial charge < -0.3 is 15.1 Å². The molecule has 1 aromatic carbocycles. The molecule has 5 nitrogen and oxygen atoms in total. The molecule has 1 heterocycles. The van der Waals surface area contributed by atoms with Crippen LogP contribution in [-0.2, 0) is 4.79 Å². The zero-order valence-corrected chi connectivity index (χ0v) is 11.8. The molecule has 0 spiro atoms. The van der Waals surface area contributed by atoms with Gasteiger partial charge in [0.05, 0.1) is 0 Å². The summed E-state index contributed by atoms with van der Waals surface area (Å²) in [6.07, 6.45) is 2.03. The van der Waals surface area contributed by atoms with Gasteiger partial charge in [-0.05, 0) is 32.0 Å². The zero-order chi connectivity index (χ0) is 13.9. The van der Waals surface area contributed by atoms with Crippen molar-refractivity contribution in [2.75, 3.05) is 38.5 Å². The van der Waals surface area contributed by atoms with E-state index in [2.05, 4.69) is 17.3 Å². The SMILES string of the molecule is CN1CCN(Oc2cccc(NC(=O)C3CC3)c2)CC1. The Bertz CT molecular complexity index is 480. The molecule has 0 radical (unpaired) electrons. The fourth-order valence-corrected chi connectivity index (χ4v) is 2.25. The number of benzene rings is 1. The van der Waals surface area contributed by atoms with Crippen molar-refractivity contribution in [1.82, 2.24) is 9.96 Å². The summed E-state index contributed by atoms with van der Waals surface area (Å²) in [5.74, 6) is 1.13. The van der Waals surface area contributed by atoms with Crippen LogP contribution in [0.15, 0.2) is 24.3 Å². The molecule has 1 aliphatic heterocycles. The predicted octanol–water partition coefficient (Wildman–Crippen LogP) is 1.58. The minimum atomic E-state index is 0.127. The molecule has 1 aliphatic carbocycles.